The summed E-state index contributed by atoms with van der Waals surface area (Å²) in [5.41, 5.74) is 1.46. The Kier molecular flexibility index (Phi) is 5.14. The molecule has 2 heterocycles. The van der Waals surface area contributed by atoms with Gasteiger partial charge in [-0.1, -0.05) is 42.5 Å². The number of hydrogen-bond donors (Lipinski definition) is 0. The molecular formula is C22H20N2O6. The number of hydrogen-bond acceptors (Lipinski definition) is 6. The minimum Gasteiger partial charge on any atom is -0.472 e. The monoisotopic (exact) mass is 408 g/mol. The first-order valence-electron chi connectivity index (χ1n) is 9.35. The number of ether oxygens (including phenoxy) is 3. The number of carbonyl (C=O) groups excluding carboxylic acids is 3. The molecule has 0 spiro atoms. The number of anilines is 2. The summed E-state index contributed by atoms with van der Waals surface area (Å²) in [6.07, 6.45) is -0.441. The molecule has 0 bridgehead atoms. The molecule has 8 heteroatoms. The number of amides is 2. The van der Waals surface area contributed by atoms with Crippen molar-refractivity contribution in [1.29, 1.82) is 0 Å². The van der Waals surface area contributed by atoms with Gasteiger partial charge in [0.05, 0.1) is 25.6 Å². The average Bonchev–Trinajstić information content (AvgIpc) is 3.19. The van der Waals surface area contributed by atoms with Crippen molar-refractivity contribution >= 4 is 29.3 Å². The van der Waals surface area contributed by atoms with Gasteiger partial charge in [-0.15, -0.1) is 0 Å². The highest BCUT2D eigenvalue weighted by Crippen LogP contribution is 2.44. The van der Waals surface area contributed by atoms with Gasteiger partial charge in [-0.2, -0.15) is 0 Å². The summed E-state index contributed by atoms with van der Waals surface area (Å²) in [6, 6.07) is 15.1. The minimum absolute atomic E-state index is 0.226. The largest absolute Gasteiger partial charge is 0.472 e. The molecule has 2 amide bonds. The second-order valence-corrected chi connectivity index (χ2v) is 6.79. The summed E-state index contributed by atoms with van der Waals surface area (Å²) in [5, 5.41) is 0. The summed E-state index contributed by atoms with van der Waals surface area (Å²) in [5.74, 6) is 0.144. The molecule has 2 aliphatic heterocycles. The lowest BCUT2D eigenvalue weighted by atomic mass is 10.0. The van der Waals surface area contributed by atoms with Crippen LogP contribution in [0.25, 0.3) is 0 Å². The SMILES string of the molecule is COC(=O)N1c2ccccc2N(C(=O)OC)[C@H]2C/C(=C\C(=O)c3ccccc3)O[C@H]21. The zero-order chi connectivity index (χ0) is 21.3. The Morgan fingerprint density at radius 2 is 1.47 bits per heavy atom. The van der Waals surface area contributed by atoms with Gasteiger partial charge >= 0.3 is 12.2 Å². The van der Waals surface area contributed by atoms with Crippen LogP contribution in [0.3, 0.4) is 0 Å². The van der Waals surface area contributed by atoms with E-state index in [1.807, 2.05) is 6.07 Å². The highest BCUT2D eigenvalue weighted by Gasteiger charge is 2.51. The normalized spacial score (nSPS) is 20.8. The van der Waals surface area contributed by atoms with E-state index in [1.54, 1.807) is 48.5 Å². The molecule has 1 fully saturated rings. The van der Waals surface area contributed by atoms with E-state index in [-0.39, 0.29) is 12.2 Å². The van der Waals surface area contributed by atoms with Crippen LogP contribution >= 0.6 is 0 Å². The molecule has 2 aliphatic rings. The molecule has 0 saturated carbocycles. The third kappa shape index (κ3) is 3.26. The van der Waals surface area contributed by atoms with Gasteiger partial charge in [-0.05, 0) is 12.1 Å². The Morgan fingerprint density at radius 3 is 2.10 bits per heavy atom. The second-order valence-electron chi connectivity index (χ2n) is 6.79. The number of para-hydroxylation sites is 2. The first-order chi connectivity index (χ1) is 14.5. The standard InChI is InChI=1S/C22H20N2O6/c1-28-21(26)23-16-10-6-7-11-17(16)24(22(27)29-2)20-18(23)12-15(30-20)13-19(25)14-8-4-3-5-9-14/h3-11,13,18,20H,12H2,1-2H3/b15-13+/t18-,20+/m0/s1. The quantitative estimate of drug-likeness (QED) is 0.556. The molecule has 0 radical (unpaired) electrons. The number of benzene rings is 2. The Balaban J connectivity index is 1.75. The maximum atomic E-state index is 12.6. The summed E-state index contributed by atoms with van der Waals surface area (Å²) < 4.78 is 15.9. The molecular weight excluding hydrogens is 388 g/mol. The lowest BCUT2D eigenvalue weighted by molar-refractivity contribution is 0.102. The molecule has 0 aliphatic carbocycles. The van der Waals surface area contributed by atoms with Crippen molar-refractivity contribution in [3.63, 3.8) is 0 Å². The zero-order valence-corrected chi connectivity index (χ0v) is 16.5. The fourth-order valence-electron chi connectivity index (χ4n) is 3.78. The Morgan fingerprint density at radius 1 is 0.900 bits per heavy atom. The molecule has 0 aromatic heterocycles. The predicted molar refractivity (Wildman–Crippen MR) is 108 cm³/mol. The van der Waals surface area contributed by atoms with Crippen LogP contribution in [0.4, 0.5) is 21.0 Å². The van der Waals surface area contributed by atoms with E-state index in [2.05, 4.69) is 0 Å². The van der Waals surface area contributed by atoms with Crippen molar-refractivity contribution in [2.24, 2.45) is 0 Å². The number of fused-ring (bicyclic) bond motifs is 2. The number of ketones is 1. The maximum absolute atomic E-state index is 12.6. The first kappa shape index (κ1) is 19.5. The predicted octanol–water partition coefficient (Wildman–Crippen LogP) is 3.73. The highest BCUT2D eigenvalue weighted by molar-refractivity contribution is 6.05. The van der Waals surface area contributed by atoms with Gasteiger partial charge in [0.1, 0.15) is 11.8 Å². The molecule has 0 unspecified atom stereocenters. The smallest absolute Gasteiger partial charge is 0.417 e. The van der Waals surface area contributed by atoms with E-state index in [9.17, 15) is 14.4 Å². The molecule has 1 saturated heterocycles. The van der Waals surface area contributed by atoms with Crippen molar-refractivity contribution in [2.45, 2.75) is 18.7 Å². The second kappa shape index (κ2) is 7.90. The van der Waals surface area contributed by atoms with Gasteiger partial charge in [-0.25, -0.2) is 14.5 Å². The number of nitrogens with zero attached hydrogens (tertiary/aromatic N) is 2. The van der Waals surface area contributed by atoms with E-state index in [1.165, 1.54) is 30.1 Å². The van der Waals surface area contributed by atoms with E-state index in [4.69, 9.17) is 14.2 Å². The number of rotatable bonds is 2. The number of methoxy groups -OCH3 is 2. The van der Waals surface area contributed by atoms with Crippen LogP contribution in [0, 0.1) is 0 Å². The van der Waals surface area contributed by atoms with E-state index in [0.717, 1.165) is 0 Å². The van der Waals surface area contributed by atoms with Crippen molar-refractivity contribution in [2.75, 3.05) is 24.0 Å². The lowest BCUT2D eigenvalue weighted by Crippen LogP contribution is -2.58. The topological polar surface area (TPSA) is 85.4 Å². The summed E-state index contributed by atoms with van der Waals surface area (Å²) in [6.45, 7) is 0. The highest BCUT2D eigenvalue weighted by atomic mass is 16.6. The fourth-order valence-corrected chi connectivity index (χ4v) is 3.78. The average molecular weight is 408 g/mol. The van der Waals surface area contributed by atoms with Crippen molar-refractivity contribution in [1.82, 2.24) is 0 Å². The molecule has 0 N–H and O–H groups in total. The Hall–Kier alpha value is -3.81. The van der Waals surface area contributed by atoms with Crippen LogP contribution in [0.15, 0.2) is 66.4 Å². The Labute approximate surface area is 173 Å². The van der Waals surface area contributed by atoms with Crippen LogP contribution in [-0.2, 0) is 14.2 Å². The van der Waals surface area contributed by atoms with Crippen LogP contribution in [0.2, 0.25) is 0 Å². The first-order valence-corrected chi connectivity index (χ1v) is 9.35. The number of carbonyl (C=O) groups is 3. The van der Waals surface area contributed by atoms with Crippen LogP contribution in [0.1, 0.15) is 16.8 Å². The summed E-state index contributed by atoms with van der Waals surface area (Å²) in [4.78, 5) is 40.6. The maximum Gasteiger partial charge on any atom is 0.417 e. The third-order valence-corrected chi connectivity index (χ3v) is 5.09. The van der Waals surface area contributed by atoms with Gasteiger partial charge in [0.15, 0.2) is 5.78 Å². The zero-order valence-electron chi connectivity index (χ0n) is 16.5. The van der Waals surface area contributed by atoms with E-state index in [0.29, 0.717) is 22.7 Å². The molecule has 2 aromatic rings. The molecule has 30 heavy (non-hydrogen) atoms. The van der Waals surface area contributed by atoms with Crippen LogP contribution in [0.5, 0.6) is 0 Å². The van der Waals surface area contributed by atoms with E-state index < -0.39 is 24.5 Å². The van der Waals surface area contributed by atoms with Crippen LogP contribution in [-0.4, -0.2) is 44.5 Å². The van der Waals surface area contributed by atoms with Crippen molar-refractivity contribution in [3.8, 4) is 0 Å². The fraction of sp³-hybridized carbons (Fsp3) is 0.227. The van der Waals surface area contributed by atoms with Gasteiger partial charge < -0.3 is 14.2 Å². The molecule has 2 aromatic carbocycles. The Bertz CT molecular complexity index is 966. The molecule has 154 valence electrons. The summed E-state index contributed by atoms with van der Waals surface area (Å²) >= 11 is 0. The van der Waals surface area contributed by atoms with Crippen molar-refractivity contribution in [3.05, 3.63) is 72.0 Å². The third-order valence-electron chi connectivity index (χ3n) is 5.09. The van der Waals surface area contributed by atoms with Gasteiger partial charge in [0, 0.05) is 18.1 Å². The molecule has 2 atom stereocenters. The minimum atomic E-state index is -0.860. The van der Waals surface area contributed by atoms with Crippen LogP contribution < -0.4 is 9.80 Å². The number of allylic oxidation sites excluding steroid dienone is 1. The van der Waals surface area contributed by atoms with Gasteiger partial charge in [0.25, 0.3) is 0 Å². The van der Waals surface area contributed by atoms with Gasteiger partial charge in [-0.3, -0.25) is 9.69 Å². The molecule has 8 nitrogen and oxygen atoms in total. The molecule has 4 rings (SSSR count). The van der Waals surface area contributed by atoms with Crippen molar-refractivity contribution < 1.29 is 28.6 Å². The lowest BCUT2D eigenvalue weighted by Gasteiger charge is -2.42. The van der Waals surface area contributed by atoms with Gasteiger partial charge in [0.2, 0.25) is 6.23 Å². The summed E-state index contributed by atoms with van der Waals surface area (Å²) in [7, 11) is 2.56. The van der Waals surface area contributed by atoms with E-state index >= 15 is 0 Å².